The van der Waals surface area contributed by atoms with Gasteiger partial charge in [-0.15, -0.1) is 10.2 Å². The highest BCUT2D eigenvalue weighted by Gasteiger charge is 2.48. The molecule has 6 nitrogen and oxygen atoms in total. The van der Waals surface area contributed by atoms with Crippen molar-refractivity contribution < 1.29 is 4.39 Å². The first-order valence-corrected chi connectivity index (χ1v) is 9.65. The van der Waals surface area contributed by atoms with Gasteiger partial charge in [-0.2, -0.15) is 0 Å². The van der Waals surface area contributed by atoms with Crippen LogP contribution in [0.1, 0.15) is 12.8 Å². The van der Waals surface area contributed by atoms with E-state index in [2.05, 4.69) is 43.0 Å². The standard InChI is InChI=1S/C16H17FN6P/c17-10-4-5-13-24(14-6-2-1-3-7-14,15-8-11-18-22-20-15)16-9-12-19-23-21-16/h1-3,6-9,11-12H,4-5,10,13H2/q+1/i17-1. The van der Waals surface area contributed by atoms with Crippen LogP contribution in [0.4, 0.5) is 4.39 Å². The van der Waals surface area contributed by atoms with Crippen molar-refractivity contribution in [2.24, 2.45) is 0 Å². The van der Waals surface area contributed by atoms with E-state index in [1.54, 1.807) is 12.4 Å². The summed E-state index contributed by atoms with van der Waals surface area (Å²) in [5.74, 6) is 0. The number of hydrogen-bond acceptors (Lipinski definition) is 6. The lowest BCUT2D eigenvalue weighted by Crippen LogP contribution is -2.37. The minimum atomic E-state index is -2.18. The Kier molecular flexibility index (Phi) is 5.43. The quantitative estimate of drug-likeness (QED) is 0.473. The van der Waals surface area contributed by atoms with Gasteiger partial charge in [0, 0.05) is 12.1 Å². The molecule has 3 aromatic rings. The molecule has 1 aromatic carbocycles. The second-order valence-electron chi connectivity index (χ2n) is 5.22. The molecule has 0 atom stereocenters. The third kappa shape index (κ3) is 3.26. The first-order chi connectivity index (χ1) is 11.9. The zero-order valence-electron chi connectivity index (χ0n) is 13.0. The summed E-state index contributed by atoms with van der Waals surface area (Å²) in [6.45, 7) is -0.334. The van der Waals surface area contributed by atoms with Crippen LogP contribution in [0.15, 0.2) is 54.9 Å². The van der Waals surface area contributed by atoms with Gasteiger partial charge < -0.3 is 0 Å². The molecule has 0 aliphatic rings. The maximum Gasteiger partial charge on any atom is 0.217 e. The number of halogens is 1. The summed E-state index contributed by atoms with van der Waals surface area (Å²) >= 11 is 0. The highest BCUT2D eigenvalue weighted by atomic mass is 31.2. The van der Waals surface area contributed by atoms with Crippen molar-refractivity contribution in [3.63, 3.8) is 0 Å². The Labute approximate surface area is 139 Å². The topological polar surface area (TPSA) is 77.3 Å². The molecule has 8 heteroatoms. The average Bonchev–Trinajstić information content (AvgIpc) is 2.68. The van der Waals surface area contributed by atoms with Gasteiger partial charge in [-0.1, -0.05) is 28.4 Å². The molecule has 0 saturated heterocycles. The van der Waals surface area contributed by atoms with Gasteiger partial charge in [-0.3, -0.25) is 4.39 Å². The Balaban J connectivity index is 2.20. The SMILES string of the molecule is [18F]CCCC[P+](c1ccccc1)(c1ccnnn1)c1ccnnn1. The Bertz CT molecular complexity index is 648. The van der Waals surface area contributed by atoms with Crippen molar-refractivity contribution in [1.29, 1.82) is 0 Å². The van der Waals surface area contributed by atoms with Crippen LogP contribution in [0.2, 0.25) is 0 Å². The van der Waals surface area contributed by atoms with E-state index in [4.69, 9.17) is 0 Å². The van der Waals surface area contributed by atoms with Crippen LogP contribution in [0, 0.1) is 0 Å². The van der Waals surface area contributed by atoms with Crippen LogP contribution in [0.3, 0.4) is 0 Å². The van der Waals surface area contributed by atoms with E-state index < -0.39 is 7.26 Å². The molecule has 122 valence electrons. The predicted octanol–water partition coefficient (Wildman–Crippen LogP) is 1.10. The van der Waals surface area contributed by atoms with Gasteiger partial charge in [0.25, 0.3) is 0 Å². The molecule has 0 amide bonds. The molecule has 0 unspecified atom stereocenters. The van der Waals surface area contributed by atoms with Gasteiger partial charge in [-0.25, -0.2) is 0 Å². The van der Waals surface area contributed by atoms with Crippen LogP contribution in [0.5, 0.6) is 0 Å². The number of nitrogens with zero attached hydrogens (tertiary/aromatic N) is 6. The van der Waals surface area contributed by atoms with Crippen molar-refractivity contribution >= 4 is 23.4 Å². The molecule has 0 aliphatic carbocycles. The summed E-state index contributed by atoms with van der Waals surface area (Å²) in [6, 6.07) is 13.8. The van der Waals surface area contributed by atoms with Gasteiger partial charge in [0.05, 0.1) is 25.2 Å². The smallest absolute Gasteiger partial charge is 0.217 e. The number of alkyl halides is 1. The first kappa shape index (κ1) is 16.5. The summed E-state index contributed by atoms with van der Waals surface area (Å²) in [4.78, 5) is 0. The van der Waals surface area contributed by atoms with Crippen LogP contribution < -0.4 is 16.2 Å². The third-order valence-corrected chi connectivity index (χ3v) is 8.04. The second kappa shape index (κ2) is 7.93. The fraction of sp³-hybridized carbons (Fsp3) is 0.250. The number of unbranched alkanes of at least 4 members (excludes halogenated alkanes) is 1. The van der Waals surface area contributed by atoms with E-state index >= 15 is 0 Å². The molecule has 0 bridgehead atoms. The van der Waals surface area contributed by atoms with Crippen molar-refractivity contribution in [3.05, 3.63) is 54.9 Å². The summed E-state index contributed by atoms with van der Waals surface area (Å²) < 4.78 is 12.7. The number of benzene rings is 1. The van der Waals surface area contributed by atoms with Crippen LogP contribution in [-0.2, 0) is 0 Å². The molecular weight excluding hydrogens is 325 g/mol. The normalized spacial score (nSPS) is 11.4. The fourth-order valence-corrected chi connectivity index (χ4v) is 6.63. The molecule has 0 spiro atoms. The lowest BCUT2D eigenvalue weighted by atomic mass is 10.4. The lowest BCUT2D eigenvalue weighted by molar-refractivity contribution is 0.470. The van der Waals surface area contributed by atoms with Gasteiger partial charge in [0.2, 0.25) is 10.9 Å². The largest absolute Gasteiger partial charge is 0.251 e. The molecule has 0 radical (unpaired) electrons. The number of rotatable bonds is 7. The molecule has 0 aliphatic heterocycles. The number of aromatic nitrogens is 6. The van der Waals surface area contributed by atoms with E-state index in [0.717, 1.165) is 28.8 Å². The van der Waals surface area contributed by atoms with E-state index in [-0.39, 0.29) is 6.67 Å². The Morgan fingerprint density at radius 1 is 0.792 bits per heavy atom. The van der Waals surface area contributed by atoms with Gasteiger partial charge in [-0.05, 0) is 35.4 Å². The van der Waals surface area contributed by atoms with E-state index in [0.29, 0.717) is 6.42 Å². The number of hydrogen-bond donors (Lipinski definition) is 0. The summed E-state index contributed by atoms with van der Waals surface area (Å²) in [7, 11) is -2.18. The zero-order valence-corrected chi connectivity index (χ0v) is 13.9. The van der Waals surface area contributed by atoms with Crippen LogP contribution in [-0.4, -0.2) is 43.7 Å². The maximum atomic E-state index is 12.7. The molecule has 0 N–H and O–H groups in total. The summed E-state index contributed by atoms with van der Waals surface area (Å²) in [5.41, 5.74) is 1.64. The summed E-state index contributed by atoms with van der Waals surface area (Å²) in [5, 5.41) is 24.9. The second-order valence-corrected chi connectivity index (χ2v) is 8.72. The van der Waals surface area contributed by atoms with E-state index in [1.807, 2.05) is 30.3 Å². The highest BCUT2D eigenvalue weighted by molar-refractivity contribution is 7.95. The fourth-order valence-electron chi connectivity index (χ4n) is 2.74. The van der Waals surface area contributed by atoms with Crippen molar-refractivity contribution in [2.45, 2.75) is 12.8 Å². The summed E-state index contributed by atoms with van der Waals surface area (Å²) in [6.07, 6.45) is 5.24. The third-order valence-electron chi connectivity index (χ3n) is 3.83. The van der Waals surface area contributed by atoms with Crippen molar-refractivity contribution in [2.75, 3.05) is 12.8 Å². The molecule has 3 rings (SSSR count). The van der Waals surface area contributed by atoms with E-state index in [9.17, 15) is 4.39 Å². The monoisotopic (exact) mass is 342 g/mol. The molecular formula is C16H17FN6P+. The average molecular weight is 342 g/mol. The maximum absolute atomic E-state index is 12.7. The lowest BCUT2D eigenvalue weighted by Gasteiger charge is -2.23. The predicted molar refractivity (Wildman–Crippen MR) is 92.0 cm³/mol. The Hall–Kier alpha value is -2.40. The van der Waals surface area contributed by atoms with Gasteiger partial charge in [0.15, 0.2) is 7.26 Å². The molecule has 2 heterocycles. The van der Waals surface area contributed by atoms with Crippen LogP contribution in [0.25, 0.3) is 0 Å². The molecule has 24 heavy (non-hydrogen) atoms. The Morgan fingerprint density at radius 2 is 1.42 bits per heavy atom. The van der Waals surface area contributed by atoms with Gasteiger partial charge >= 0.3 is 0 Å². The van der Waals surface area contributed by atoms with Crippen LogP contribution >= 0.6 is 7.26 Å². The zero-order chi connectivity index (χ0) is 16.7. The minimum absolute atomic E-state index is 0.334. The first-order valence-electron chi connectivity index (χ1n) is 7.67. The molecule has 2 aromatic heterocycles. The van der Waals surface area contributed by atoms with Crippen molar-refractivity contribution in [3.8, 4) is 0 Å². The van der Waals surface area contributed by atoms with Crippen molar-refractivity contribution in [1.82, 2.24) is 30.8 Å². The minimum Gasteiger partial charge on any atom is -0.251 e. The molecule has 0 fully saturated rings. The highest BCUT2D eigenvalue weighted by Crippen LogP contribution is 2.54. The Morgan fingerprint density at radius 3 is 1.92 bits per heavy atom. The van der Waals surface area contributed by atoms with Gasteiger partial charge in [0.1, 0.15) is 5.30 Å². The van der Waals surface area contributed by atoms with E-state index in [1.165, 1.54) is 0 Å². The molecule has 0 saturated carbocycles.